The number of furan rings is 1. The van der Waals surface area contributed by atoms with Crippen LogP contribution in [0.5, 0.6) is 11.5 Å². The van der Waals surface area contributed by atoms with Crippen molar-refractivity contribution in [3.63, 3.8) is 0 Å². The summed E-state index contributed by atoms with van der Waals surface area (Å²) in [6.07, 6.45) is 2.49. The van der Waals surface area contributed by atoms with E-state index in [9.17, 15) is 4.79 Å². The lowest BCUT2D eigenvalue weighted by Gasteiger charge is -2.13. The molecule has 2 heterocycles. The highest BCUT2D eigenvalue weighted by molar-refractivity contribution is 6.04. The maximum atomic E-state index is 12.3. The van der Waals surface area contributed by atoms with Crippen LogP contribution in [-0.2, 0) is 6.42 Å². The molecule has 0 bridgehead atoms. The molecule has 5 nitrogen and oxygen atoms in total. The molecule has 3 rings (SSSR count). The Balaban J connectivity index is 1.91. The number of fused-ring (bicyclic) bond motifs is 1. The van der Waals surface area contributed by atoms with Gasteiger partial charge in [-0.2, -0.15) is 0 Å². The monoisotopic (exact) mass is 301 g/mol. The number of ether oxygens (including phenoxy) is 2. The molecule has 1 aliphatic heterocycles. The first kappa shape index (κ1) is 14.5. The molecule has 0 saturated heterocycles. The van der Waals surface area contributed by atoms with Crippen molar-refractivity contribution in [3.05, 3.63) is 41.3 Å². The predicted octanol–water partition coefficient (Wildman–Crippen LogP) is 3.56. The molecule has 1 amide bonds. The Morgan fingerprint density at radius 2 is 2.27 bits per heavy atom. The van der Waals surface area contributed by atoms with E-state index in [0.717, 1.165) is 23.3 Å². The second-order valence-electron chi connectivity index (χ2n) is 5.41. The molecule has 2 aromatic rings. The number of hydrogen-bond acceptors (Lipinski definition) is 4. The lowest BCUT2D eigenvalue weighted by atomic mass is 10.1. The minimum atomic E-state index is -0.297. The molecule has 0 aliphatic carbocycles. The maximum Gasteiger partial charge on any atom is 0.291 e. The van der Waals surface area contributed by atoms with Crippen molar-refractivity contribution in [2.45, 2.75) is 33.3 Å². The number of carbonyl (C=O) groups excluding carboxylic acids is 1. The zero-order valence-corrected chi connectivity index (χ0v) is 12.9. The first-order chi connectivity index (χ1) is 10.6. The van der Waals surface area contributed by atoms with Gasteiger partial charge >= 0.3 is 0 Å². The highest BCUT2D eigenvalue weighted by atomic mass is 16.5. The van der Waals surface area contributed by atoms with Gasteiger partial charge in [0.15, 0.2) is 5.76 Å². The van der Waals surface area contributed by atoms with E-state index in [1.807, 2.05) is 32.9 Å². The average Bonchev–Trinajstić information content (AvgIpc) is 3.04. The number of hydrogen-bond donors (Lipinski definition) is 1. The Hall–Kier alpha value is -2.43. The second-order valence-corrected chi connectivity index (χ2v) is 5.41. The van der Waals surface area contributed by atoms with E-state index in [0.29, 0.717) is 23.8 Å². The zero-order chi connectivity index (χ0) is 15.7. The molecule has 1 aromatic carbocycles. The number of benzene rings is 1. The van der Waals surface area contributed by atoms with Gasteiger partial charge in [-0.05, 0) is 32.9 Å². The molecule has 1 N–H and O–H groups in total. The van der Waals surface area contributed by atoms with Crippen LogP contribution in [0.2, 0.25) is 0 Å². The summed E-state index contributed by atoms with van der Waals surface area (Å²) in [5.74, 6) is 1.45. The Bertz CT molecular complexity index is 705. The van der Waals surface area contributed by atoms with E-state index >= 15 is 0 Å². The molecule has 0 radical (unpaired) electrons. The molecule has 116 valence electrons. The summed E-state index contributed by atoms with van der Waals surface area (Å²) in [4.78, 5) is 12.3. The molecular weight excluding hydrogens is 282 g/mol. The third-order valence-electron chi connectivity index (χ3n) is 3.61. The SMILES string of the molecule is CCOc1cc2c(cc1NC(=O)c1occc1C)OC(C)C2. The van der Waals surface area contributed by atoms with Gasteiger partial charge in [-0.25, -0.2) is 0 Å². The molecule has 22 heavy (non-hydrogen) atoms. The highest BCUT2D eigenvalue weighted by Gasteiger charge is 2.23. The predicted molar refractivity (Wildman–Crippen MR) is 82.8 cm³/mol. The smallest absolute Gasteiger partial charge is 0.291 e. The van der Waals surface area contributed by atoms with E-state index in [1.165, 1.54) is 6.26 Å². The minimum absolute atomic E-state index is 0.141. The van der Waals surface area contributed by atoms with Gasteiger partial charge < -0.3 is 19.2 Å². The van der Waals surface area contributed by atoms with Crippen molar-refractivity contribution in [1.82, 2.24) is 0 Å². The normalized spacial score (nSPS) is 16.0. The summed E-state index contributed by atoms with van der Waals surface area (Å²) < 4.78 is 16.6. The first-order valence-electron chi connectivity index (χ1n) is 7.40. The maximum absolute atomic E-state index is 12.3. The molecule has 1 aliphatic rings. The number of rotatable bonds is 4. The topological polar surface area (TPSA) is 60.7 Å². The molecule has 0 saturated carbocycles. The summed E-state index contributed by atoms with van der Waals surface area (Å²) in [7, 11) is 0. The molecule has 1 aromatic heterocycles. The molecule has 1 unspecified atom stereocenters. The van der Waals surface area contributed by atoms with Crippen LogP contribution in [0.25, 0.3) is 0 Å². The summed E-state index contributed by atoms with van der Waals surface area (Å²) in [5.41, 5.74) is 2.49. The molecular formula is C17H19NO4. The quantitative estimate of drug-likeness (QED) is 0.938. The van der Waals surface area contributed by atoms with Crippen molar-refractivity contribution >= 4 is 11.6 Å². The Labute approximate surface area is 129 Å². The van der Waals surface area contributed by atoms with Gasteiger partial charge in [-0.1, -0.05) is 0 Å². The minimum Gasteiger partial charge on any atom is -0.492 e. The van der Waals surface area contributed by atoms with Gasteiger partial charge in [0.1, 0.15) is 17.6 Å². The van der Waals surface area contributed by atoms with E-state index in [1.54, 1.807) is 6.07 Å². The molecule has 0 spiro atoms. The van der Waals surface area contributed by atoms with Crippen LogP contribution < -0.4 is 14.8 Å². The van der Waals surface area contributed by atoms with Crippen molar-refractivity contribution in [3.8, 4) is 11.5 Å². The van der Waals surface area contributed by atoms with Gasteiger partial charge in [0.25, 0.3) is 5.91 Å². The van der Waals surface area contributed by atoms with E-state index in [2.05, 4.69) is 5.32 Å². The Morgan fingerprint density at radius 3 is 2.95 bits per heavy atom. The second kappa shape index (κ2) is 5.75. The summed E-state index contributed by atoms with van der Waals surface area (Å²) in [6.45, 7) is 6.28. The molecule has 5 heteroatoms. The number of aryl methyl sites for hydroxylation is 1. The third-order valence-corrected chi connectivity index (χ3v) is 3.61. The van der Waals surface area contributed by atoms with Crippen molar-refractivity contribution in [2.75, 3.05) is 11.9 Å². The number of anilines is 1. The van der Waals surface area contributed by atoms with Crippen LogP contribution in [0.1, 0.15) is 35.5 Å². The van der Waals surface area contributed by atoms with Crippen molar-refractivity contribution in [2.24, 2.45) is 0 Å². The van der Waals surface area contributed by atoms with Crippen LogP contribution in [0.4, 0.5) is 5.69 Å². The third kappa shape index (κ3) is 2.66. The standard InChI is InChI=1S/C17H19NO4/c1-4-20-15-8-12-7-11(3)22-14(12)9-13(15)18-17(19)16-10(2)5-6-21-16/h5-6,8-9,11H,4,7H2,1-3H3,(H,18,19). The highest BCUT2D eigenvalue weighted by Crippen LogP contribution is 2.38. The summed E-state index contributed by atoms with van der Waals surface area (Å²) >= 11 is 0. The first-order valence-corrected chi connectivity index (χ1v) is 7.40. The van der Waals surface area contributed by atoms with Crippen LogP contribution in [-0.4, -0.2) is 18.6 Å². The van der Waals surface area contributed by atoms with Crippen molar-refractivity contribution in [1.29, 1.82) is 0 Å². The number of carbonyl (C=O) groups is 1. The fourth-order valence-electron chi connectivity index (χ4n) is 2.60. The van der Waals surface area contributed by atoms with E-state index in [4.69, 9.17) is 13.9 Å². The fraction of sp³-hybridized carbons (Fsp3) is 0.353. The lowest BCUT2D eigenvalue weighted by Crippen LogP contribution is -2.13. The van der Waals surface area contributed by atoms with Crippen LogP contribution in [0.3, 0.4) is 0 Å². The van der Waals surface area contributed by atoms with E-state index < -0.39 is 0 Å². The average molecular weight is 301 g/mol. The van der Waals surface area contributed by atoms with Gasteiger partial charge in [-0.15, -0.1) is 0 Å². The van der Waals surface area contributed by atoms with Crippen LogP contribution in [0, 0.1) is 6.92 Å². The number of nitrogens with one attached hydrogen (secondary N) is 1. The van der Waals surface area contributed by atoms with Gasteiger partial charge in [-0.3, -0.25) is 4.79 Å². The Kier molecular flexibility index (Phi) is 3.79. The van der Waals surface area contributed by atoms with Crippen LogP contribution >= 0.6 is 0 Å². The molecule has 0 fully saturated rings. The van der Waals surface area contributed by atoms with Crippen molar-refractivity contribution < 1.29 is 18.7 Å². The zero-order valence-electron chi connectivity index (χ0n) is 12.9. The lowest BCUT2D eigenvalue weighted by molar-refractivity contribution is 0.0995. The van der Waals surface area contributed by atoms with E-state index in [-0.39, 0.29) is 12.0 Å². The molecule has 1 atom stereocenters. The van der Waals surface area contributed by atoms with Gasteiger partial charge in [0.2, 0.25) is 0 Å². The largest absolute Gasteiger partial charge is 0.492 e. The summed E-state index contributed by atoms with van der Waals surface area (Å²) in [5, 5.41) is 2.85. The number of amides is 1. The van der Waals surface area contributed by atoms with Gasteiger partial charge in [0, 0.05) is 23.6 Å². The van der Waals surface area contributed by atoms with Gasteiger partial charge in [0.05, 0.1) is 18.6 Å². The van der Waals surface area contributed by atoms with Crippen LogP contribution in [0.15, 0.2) is 28.9 Å². The Morgan fingerprint density at radius 1 is 1.45 bits per heavy atom. The fourth-order valence-corrected chi connectivity index (χ4v) is 2.60. The summed E-state index contributed by atoms with van der Waals surface area (Å²) in [6, 6.07) is 5.51.